The smallest absolute Gasteiger partial charge is 0.323 e. The number of amides is 2. The lowest BCUT2D eigenvalue weighted by Gasteiger charge is -2.18. The highest BCUT2D eigenvalue weighted by Crippen LogP contribution is 2.27. The van der Waals surface area contributed by atoms with Crippen LogP contribution in [0.3, 0.4) is 0 Å². The molecule has 0 aromatic heterocycles. The van der Waals surface area contributed by atoms with Gasteiger partial charge in [-0.2, -0.15) is 0 Å². The number of nitrogens with one attached hydrogen (secondary N) is 1. The third-order valence-electron chi connectivity index (χ3n) is 2.29. The quantitative estimate of drug-likeness (QED) is 0.489. The summed E-state index contributed by atoms with van der Waals surface area (Å²) < 4.78 is 0. The Kier molecular flexibility index (Phi) is 5.51. The summed E-state index contributed by atoms with van der Waals surface area (Å²) in [5.41, 5.74) is -0.278. The molecule has 9 heteroatoms. The summed E-state index contributed by atoms with van der Waals surface area (Å²) in [5.74, 6) is 0.917. The third kappa shape index (κ3) is 4.67. The molecule has 0 bridgehead atoms. The van der Waals surface area contributed by atoms with Gasteiger partial charge in [-0.15, -0.1) is 6.42 Å². The molecule has 21 heavy (non-hydrogen) atoms. The van der Waals surface area contributed by atoms with Crippen molar-refractivity contribution in [3.63, 3.8) is 0 Å². The lowest BCUT2D eigenvalue weighted by atomic mass is 10.3. The van der Waals surface area contributed by atoms with Gasteiger partial charge in [0.1, 0.15) is 11.6 Å². The molecule has 0 heterocycles. The monoisotopic (exact) mass is 311 g/mol. The second kappa shape index (κ2) is 7.12. The van der Waals surface area contributed by atoms with Crippen LogP contribution in [0.15, 0.2) is 18.2 Å². The number of nitro benzene ring substituents is 1. The van der Waals surface area contributed by atoms with E-state index in [0.29, 0.717) is 0 Å². The molecular weight excluding hydrogens is 302 g/mol. The summed E-state index contributed by atoms with van der Waals surface area (Å²) in [6, 6.07) is 2.88. The predicted octanol–water partition coefficient (Wildman–Crippen LogP) is 1.80. The Balaban J connectivity index is 2.91. The zero-order valence-electron chi connectivity index (χ0n) is 10.6. The van der Waals surface area contributed by atoms with E-state index >= 15 is 0 Å². The average molecular weight is 312 g/mol. The van der Waals surface area contributed by atoms with E-state index < -0.39 is 23.5 Å². The maximum atomic E-state index is 11.9. The first-order chi connectivity index (χ1) is 9.85. The third-order valence-corrected chi connectivity index (χ3v) is 2.61. The lowest BCUT2D eigenvalue weighted by molar-refractivity contribution is -0.384. The number of terminal acetylenes is 1. The molecule has 0 aliphatic carbocycles. The minimum Gasteiger partial charge on any atom is -0.480 e. The van der Waals surface area contributed by atoms with Gasteiger partial charge in [0.2, 0.25) is 0 Å². The van der Waals surface area contributed by atoms with Crippen LogP contribution in [0, 0.1) is 22.5 Å². The number of carboxylic acids is 1. The van der Waals surface area contributed by atoms with E-state index in [1.807, 2.05) is 0 Å². The van der Waals surface area contributed by atoms with Gasteiger partial charge >= 0.3 is 12.0 Å². The van der Waals surface area contributed by atoms with Crippen molar-refractivity contribution in [3.05, 3.63) is 33.3 Å². The van der Waals surface area contributed by atoms with E-state index in [-0.39, 0.29) is 22.9 Å². The number of nitro groups is 1. The van der Waals surface area contributed by atoms with Crippen LogP contribution in [0.25, 0.3) is 0 Å². The van der Waals surface area contributed by atoms with Crippen LogP contribution in [0.2, 0.25) is 5.02 Å². The maximum absolute atomic E-state index is 11.9. The molecule has 0 unspecified atom stereocenters. The molecule has 0 atom stereocenters. The number of anilines is 1. The molecule has 0 saturated heterocycles. The molecule has 1 aromatic rings. The normalized spacial score (nSPS) is 9.52. The Labute approximate surface area is 124 Å². The summed E-state index contributed by atoms with van der Waals surface area (Å²) in [7, 11) is 0. The maximum Gasteiger partial charge on any atom is 0.323 e. The highest BCUT2D eigenvalue weighted by Gasteiger charge is 2.18. The van der Waals surface area contributed by atoms with Crippen molar-refractivity contribution < 1.29 is 19.6 Å². The summed E-state index contributed by atoms with van der Waals surface area (Å²) >= 11 is 5.64. The number of rotatable bonds is 5. The minimum atomic E-state index is -1.23. The van der Waals surface area contributed by atoms with Crippen molar-refractivity contribution in [1.82, 2.24) is 4.90 Å². The molecule has 110 valence electrons. The zero-order valence-corrected chi connectivity index (χ0v) is 11.3. The summed E-state index contributed by atoms with van der Waals surface area (Å²) in [6.45, 7) is -0.806. The number of hydrogen-bond acceptors (Lipinski definition) is 4. The molecule has 2 amide bonds. The van der Waals surface area contributed by atoms with Gasteiger partial charge < -0.3 is 15.3 Å². The SMILES string of the molecule is C#CCN(CC(=O)O)C(=O)Nc1ccc(Cl)c([N+](=O)[O-])c1. The molecule has 2 N–H and O–H groups in total. The number of halogens is 1. The molecule has 0 fully saturated rings. The highest BCUT2D eigenvalue weighted by atomic mass is 35.5. The van der Waals surface area contributed by atoms with Gasteiger partial charge in [-0.1, -0.05) is 17.5 Å². The summed E-state index contributed by atoms with van der Waals surface area (Å²) in [4.78, 5) is 33.4. The van der Waals surface area contributed by atoms with Crippen LogP contribution >= 0.6 is 11.6 Å². The van der Waals surface area contributed by atoms with E-state index in [0.717, 1.165) is 11.0 Å². The van der Waals surface area contributed by atoms with Crippen molar-refractivity contribution in [3.8, 4) is 12.3 Å². The fraction of sp³-hybridized carbons (Fsp3) is 0.167. The number of aliphatic carboxylic acids is 1. The number of benzene rings is 1. The van der Waals surface area contributed by atoms with Crippen molar-refractivity contribution in [2.75, 3.05) is 18.4 Å². The molecule has 1 aromatic carbocycles. The predicted molar refractivity (Wildman–Crippen MR) is 75.2 cm³/mol. The van der Waals surface area contributed by atoms with Crippen LogP contribution in [0.1, 0.15) is 0 Å². The van der Waals surface area contributed by atoms with Crippen LogP contribution in [0.4, 0.5) is 16.2 Å². The van der Waals surface area contributed by atoms with Crippen LogP contribution < -0.4 is 5.32 Å². The Bertz CT molecular complexity index is 626. The first-order valence-corrected chi connectivity index (χ1v) is 5.88. The summed E-state index contributed by atoms with van der Waals surface area (Å²) in [5, 5.41) is 21.7. The highest BCUT2D eigenvalue weighted by molar-refractivity contribution is 6.32. The fourth-order valence-corrected chi connectivity index (χ4v) is 1.59. The topological polar surface area (TPSA) is 113 Å². The largest absolute Gasteiger partial charge is 0.480 e. The second-order valence-corrected chi connectivity index (χ2v) is 4.21. The van der Waals surface area contributed by atoms with Crippen LogP contribution in [-0.2, 0) is 4.79 Å². The first-order valence-electron chi connectivity index (χ1n) is 5.50. The van der Waals surface area contributed by atoms with Crippen LogP contribution in [0.5, 0.6) is 0 Å². The van der Waals surface area contributed by atoms with Gasteiger partial charge in [0.15, 0.2) is 0 Å². The molecule has 0 radical (unpaired) electrons. The van der Waals surface area contributed by atoms with Gasteiger partial charge in [0.25, 0.3) is 5.69 Å². The Morgan fingerprint density at radius 3 is 2.71 bits per heavy atom. The number of carboxylic acid groups (broad SMARTS) is 1. The van der Waals surface area contributed by atoms with Crippen molar-refractivity contribution in [2.45, 2.75) is 0 Å². The minimum absolute atomic E-state index is 0.0796. The van der Waals surface area contributed by atoms with E-state index in [2.05, 4.69) is 11.2 Å². The average Bonchev–Trinajstić information content (AvgIpc) is 2.39. The number of hydrogen-bond donors (Lipinski definition) is 2. The lowest BCUT2D eigenvalue weighted by Crippen LogP contribution is -2.39. The number of nitrogens with zero attached hydrogens (tertiary/aromatic N) is 2. The number of carbonyl (C=O) groups is 2. The molecular formula is C12H10ClN3O5. The Morgan fingerprint density at radius 1 is 1.52 bits per heavy atom. The molecule has 0 aliphatic rings. The standard InChI is InChI=1S/C12H10ClN3O5/c1-2-5-15(7-11(17)18)12(19)14-8-3-4-9(13)10(6-8)16(20)21/h1,3-4,6H,5,7H2,(H,14,19)(H,17,18). The molecule has 1 rings (SSSR count). The Hall–Kier alpha value is -2.79. The van der Waals surface area contributed by atoms with Crippen molar-refractivity contribution in [1.29, 1.82) is 0 Å². The molecule has 0 spiro atoms. The van der Waals surface area contributed by atoms with Gasteiger partial charge in [-0.3, -0.25) is 14.9 Å². The Morgan fingerprint density at radius 2 is 2.19 bits per heavy atom. The van der Waals surface area contributed by atoms with Gasteiger partial charge in [-0.05, 0) is 12.1 Å². The number of carbonyl (C=O) groups excluding carboxylic acids is 1. The van der Waals surface area contributed by atoms with E-state index in [4.69, 9.17) is 23.1 Å². The van der Waals surface area contributed by atoms with Crippen molar-refractivity contribution >= 4 is 35.0 Å². The summed E-state index contributed by atoms with van der Waals surface area (Å²) in [6.07, 6.45) is 5.05. The van der Waals surface area contributed by atoms with Crippen LogP contribution in [-0.4, -0.2) is 40.0 Å². The van der Waals surface area contributed by atoms with Crippen molar-refractivity contribution in [2.24, 2.45) is 0 Å². The van der Waals surface area contributed by atoms with Gasteiger partial charge in [-0.25, -0.2) is 4.79 Å². The molecule has 0 saturated carbocycles. The van der Waals surface area contributed by atoms with E-state index in [9.17, 15) is 19.7 Å². The molecule has 0 aliphatic heterocycles. The van der Waals surface area contributed by atoms with E-state index in [1.54, 1.807) is 0 Å². The number of urea groups is 1. The van der Waals surface area contributed by atoms with Gasteiger partial charge in [0.05, 0.1) is 11.5 Å². The zero-order chi connectivity index (χ0) is 16.0. The first kappa shape index (κ1) is 16.3. The second-order valence-electron chi connectivity index (χ2n) is 3.81. The van der Waals surface area contributed by atoms with E-state index in [1.165, 1.54) is 12.1 Å². The molecule has 8 nitrogen and oxygen atoms in total. The van der Waals surface area contributed by atoms with Gasteiger partial charge in [0, 0.05) is 11.8 Å². The fourth-order valence-electron chi connectivity index (χ4n) is 1.41.